The smallest absolute Gasteiger partial charge is 0.241 e. The van der Waals surface area contributed by atoms with Crippen molar-refractivity contribution in [2.75, 3.05) is 18.4 Å². The molecule has 7 nitrogen and oxygen atoms in total. The first-order valence-corrected chi connectivity index (χ1v) is 14.5. The van der Waals surface area contributed by atoms with Crippen LogP contribution >= 0.6 is 0 Å². The number of hydrogen-bond acceptors (Lipinski definition) is 6. The molecule has 2 aliphatic rings. The molecule has 0 amide bonds. The van der Waals surface area contributed by atoms with Crippen LogP contribution in [0.1, 0.15) is 85.8 Å². The van der Waals surface area contributed by atoms with Gasteiger partial charge in [-0.15, -0.1) is 5.10 Å². The van der Waals surface area contributed by atoms with Gasteiger partial charge < -0.3 is 5.32 Å². The fourth-order valence-electron chi connectivity index (χ4n) is 5.10. The second-order valence-corrected chi connectivity index (χ2v) is 10.8. The van der Waals surface area contributed by atoms with Crippen LogP contribution in [0.4, 0.5) is 20.4 Å². The second-order valence-electron chi connectivity index (χ2n) is 10.8. The molecule has 1 aliphatic heterocycles. The van der Waals surface area contributed by atoms with Crippen LogP contribution in [0.3, 0.4) is 0 Å². The molecule has 1 saturated heterocycles. The van der Waals surface area contributed by atoms with Gasteiger partial charge in [0.2, 0.25) is 12.4 Å². The second kappa shape index (κ2) is 14.1. The molecule has 0 spiro atoms. The van der Waals surface area contributed by atoms with E-state index in [0.717, 1.165) is 59.8 Å². The number of piperidine rings is 1. The maximum atomic E-state index is 10.8. The first-order chi connectivity index (χ1) is 19.1. The molecule has 216 valence electrons. The lowest BCUT2D eigenvalue weighted by Crippen LogP contribution is -2.55. The van der Waals surface area contributed by atoms with Crippen LogP contribution in [0.15, 0.2) is 29.4 Å². The van der Waals surface area contributed by atoms with Crippen molar-refractivity contribution in [3.8, 4) is 11.3 Å². The van der Waals surface area contributed by atoms with Gasteiger partial charge in [-0.2, -0.15) is 0 Å². The van der Waals surface area contributed by atoms with Crippen molar-refractivity contribution >= 4 is 36.3 Å². The molecule has 40 heavy (non-hydrogen) atoms. The molecule has 3 aromatic rings. The normalized spacial score (nSPS) is 16.9. The Morgan fingerprint density at radius 2 is 1.85 bits per heavy atom. The summed E-state index contributed by atoms with van der Waals surface area (Å²) in [6.07, 6.45) is 5.96. The number of hydrogen-bond donors (Lipinski definition) is 1. The number of nitrogens with one attached hydrogen (secondary N) is 1. The van der Waals surface area contributed by atoms with Gasteiger partial charge >= 0.3 is 0 Å². The summed E-state index contributed by atoms with van der Waals surface area (Å²) in [6.45, 7) is 16.1. The molecule has 3 aromatic heterocycles. The van der Waals surface area contributed by atoms with Gasteiger partial charge in [0.1, 0.15) is 7.85 Å². The summed E-state index contributed by atoms with van der Waals surface area (Å²) < 4.78 is 23.3. The number of halogens is 2. The van der Waals surface area contributed by atoms with E-state index in [-0.39, 0.29) is 6.42 Å². The Bertz CT molecular complexity index is 1270. The number of anilines is 1. The van der Waals surface area contributed by atoms with Crippen LogP contribution in [0, 0.1) is 6.92 Å². The van der Waals surface area contributed by atoms with E-state index in [0.29, 0.717) is 23.1 Å². The van der Waals surface area contributed by atoms with Gasteiger partial charge in [-0.05, 0) is 83.6 Å². The van der Waals surface area contributed by atoms with Crippen molar-refractivity contribution in [1.29, 1.82) is 0 Å². The molecule has 0 aromatic carbocycles. The highest BCUT2D eigenvalue weighted by atomic mass is 19.3. The lowest BCUT2D eigenvalue weighted by molar-refractivity contribution is 0.0152. The number of fused-ring (bicyclic) bond motifs is 1. The predicted octanol–water partition coefficient (Wildman–Crippen LogP) is 6.51. The highest BCUT2D eigenvalue weighted by Crippen LogP contribution is 2.38. The van der Waals surface area contributed by atoms with Crippen molar-refractivity contribution in [3.05, 3.63) is 30.1 Å². The lowest BCUT2D eigenvalue weighted by Gasteiger charge is -2.50. The van der Waals surface area contributed by atoms with Crippen molar-refractivity contribution in [3.63, 3.8) is 0 Å². The Labute approximate surface area is 239 Å². The van der Waals surface area contributed by atoms with Gasteiger partial charge in [0, 0.05) is 42.4 Å². The van der Waals surface area contributed by atoms with Crippen molar-refractivity contribution in [2.24, 2.45) is 4.99 Å². The standard InChI is InChI=1S/C25H32BN7.C3H6F2.C2H6/c1-16(2)28-20-6-7-21(29-17(20)3)19-14-23(26)33-22(19)15-27-24(31-33)30-18-8-12-32(13-9-18)25(4)10-5-11-25;1-2-3(4)5;1-2/h6-7,14-15,18H,5,8-13H2,1-4H3,(H,30,31);3H,2H2,1H3;1-2H3. The van der Waals surface area contributed by atoms with E-state index in [1.54, 1.807) is 4.52 Å². The maximum Gasteiger partial charge on any atom is 0.241 e. The molecule has 0 bridgehead atoms. The molecule has 0 unspecified atom stereocenters. The number of nitrogens with zero attached hydrogens (tertiary/aromatic N) is 6. The van der Waals surface area contributed by atoms with Gasteiger partial charge in [0.25, 0.3) is 0 Å². The number of aryl methyl sites for hydroxylation is 1. The summed E-state index contributed by atoms with van der Waals surface area (Å²) >= 11 is 0. The SMILES string of the molecule is CC.CCC(F)F.[B]c1cc(-c2ccc(N=C(C)C)c(C)n2)c2cnc(NC3CCN(C4(C)CCC4)CC3)nn12. The maximum absolute atomic E-state index is 10.8. The molecule has 2 radical (unpaired) electrons. The first kappa shape index (κ1) is 31.6. The van der Waals surface area contributed by atoms with Crippen molar-refractivity contribution < 1.29 is 8.78 Å². The van der Waals surface area contributed by atoms with Gasteiger partial charge in [0.15, 0.2) is 0 Å². The Kier molecular flexibility index (Phi) is 11.2. The molecule has 1 N–H and O–H groups in total. The van der Waals surface area contributed by atoms with Crippen LogP contribution < -0.4 is 10.9 Å². The largest absolute Gasteiger partial charge is 0.350 e. The van der Waals surface area contributed by atoms with Crippen molar-refractivity contribution in [2.45, 2.75) is 105 Å². The van der Waals surface area contributed by atoms with E-state index in [1.807, 2.05) is 59.0 Å². The van der Waals surface area contributed by atoms with Gasteiger partial charge in [-0.25, -0.2) is 18.3 Å². The number of alkyl halides is 2. The van der Waals surface area contributed by atoms with E-state index in [2.05, 4.69) is 27.1 Å². The average Bonchev–Trinajstić information content (AvgIpc) is 3.25. The molecular formula is C30H44BF2N7. The summed E-state index contributed by atoms with van der Waals surface area (Å²) in [5, 5.41) is 8.23. The zero-order valence-corrected chi connectivity index (χ0v) is 25.1. The summed E-state index contributed by atoms with van der Waals surface area (Å²) in [5.74, 6) is 0.622. The number of rotatable bonds is 6. The van der Waals surface area contributed by atoms with E-state index in [1.165, 1.54) is 26.2 Å². The number of pyridine rings is 1. The number of aliphatic imine (C=N–C) groups is 1. The van der Waals surface area contributed by atoms with E-state index >= 15 is 0 Å². The molecular weight excluding hydrogens is 507 g/mol. The van der Waals surface area contributed by atoms with Crippen LogP contribution in [-0.2, 0) is 0 Å². The molecule has 4 heterocycles. The van der Waals surface area contributed by atoms with Gasteiger partial charge in [0.05, 0.1) is 28.8 Å². The first-order valence-electron chi connectivity index (χ1n) is 14.5. The number of likely N-dealkylation sites (tertiary alicyclic amines) is 1. The highest BCUT2D eigenvalue weighted by molar-refractivity contribution is 6.32. The van der Waals surface area contributed by atoms with Crippen LogP contribution in [-0.4, -0.2) is 69.1 Å². The van der Waals surface area contributed by atoms with Crippen LogP contribution in [0.5, 0.6) is 0 Å². The fraction of sp³-hybridized carbons (Fsp3) is 0.600. The van der Waals surface area contributed by atoms with E-state index in [4.69, 9.17) is 17.9 Å². The number of aromatic nitrogens is 4. The summed E-state index contributed by atoms with van der Waals surface area (Å²) in [6, 6.07) is 6.28. The Balaban J connectivity index is 0.000000570. The minimum Gasteiger partial charge on any atom is -0.350 e. The molecule has 10 heteroatoms. The monoisotopic (exact) mass is 551 g/mol. The minimum atomic E-state index is -2.12. The topological polar surface area (TPSA) is 70.7 Å². The molecule has 1 saturated carbocycles. The Hall–Kier alpha value is -2.88. The molecule has 5 rings (SSSR count). The van der Waals surface area contributed by atoms with Crippen molar-refractivity contribution in [1.82, 2.24) is 24.5 Å². The average molecular weight is 552 g/mol. The van der Waals surface area contributed by atoms with E-state index in [9.17, 15) is 8.78 Å². The molecule has 1 aliphatic carbocycles. The third-order valence-corrected chi connectivity index (χ3v) is 7.55. The Morgan fingerprint density at radius 3 is 2.38 bits per heavy atom. The van der Waals surface area contributed by atoms with E-state index < -0.39 is 6.43 Å². The third kappa shape index (κ3) is 7.65. The van der Waals surface area contributed by atoms with Crippen LogP contribution in [0.2, 0.25) is 0 Å². The third-order valence-electron chi connectivity index (χ3n) is 7.55. The van der Waals surface area contributed by atoms with Gasteiger partial charge in [-0.3, -0.25) is 14.9 Å². The zero-order valence-electron chi connectivity index (χ0n) is 25.1. The highest BCUT2D eigenvalue weighted by Gasteiger charge is 2.39. The lowest BCUT2D eigenvalue weighted by atomic mass is 9.76. The molecule has 2 fully saturated rings. The zero-order chi connectivity index (χ0) is 29.4. The molecule has 0 atom stereocenters. The summed E-state index contributed by atoms with van der Waals surface area (Å²) in [7, 11) is 6.33. The summed E-state index contributed by atoms with van der Waals surface area (Å²) in [4.78, 5) is 16.6. The fourth-order valence-corrected chi connectivity index (χ4v) is 5.10. The van der Waals surface area contributed by atoms with Crippen LogP contribution in [0.25, 0.3) is 16.8 Å². The van der Waals surface area contributed by atoms with Gasteiger partial charge in [-0.1, -0.05) is 20.8 Å². The quantitative estimate of drug-likeness (QED) is 0.279. The summed E-state index contributed by atoms with van der Waals surface area (Å²) in [5.41, 5.74) is 6.39. The minimum absolute atomic E-state index is 0.0278. The predicted molar refractivity (Wildman–Crippen MR) is 163 cm³/mol. The Morgan fingerprint density at radius 1 is 1.20 bits per heavy atom.